The van der Waals surface area contributed by atoms with Crippen LogP contribution in [0.4, 0.5) is 5.95 Å². The summed E-state index contributed by atoms with van der Waals surface area (Å²) in [7, 11) is 0. The standard InChI is InChI=1S/C15H12BrN3O/c1-9-2-7-13-12(8-9)14(20)19(15(17)18-13)11-5-3-10(16)4-6-11/h2-8H,1H3,(H2,17,18). The number of aryl methyl sites for hydroxylation is 1. The van der Waals surface area contributed by atoms with Crippen molar-refractivity contribution < 1.29 is 0 Å². The van der Waals surface area contributed by atoms with Crippen LogP contribution in [0.2, 0.25) is 0 Å². The van der Waals surface area contributed by atoms with Crippen LogP contribution in [0.3, 0.4) is 0 Å². The van der Waals surface area contributed by atoms with Crippen molar-refractivity contribution >= 4 is 32.8 Å². The topological polar surface area (TPSA) is 60.9 Å². The molecule has 3 aromatic rings. The van der Waals surface area contributed by atoms with Crippen LogP contribution < -0.4 is 11.3 Å². The molecule has 4 nitrogen and oxygen atoms in total. The number of anilines is 1. The van der Waals surface area contributed by atoms with E-state index < -0.39 is 0 Å². The lowest BCUT2D eigenvalue weighted by molar-refractivity contribution is 0.981. The number of hydrogen-bond acceptors (Lipinski definition) is 3. The van der Waals surface area contributed by atoms with Gasteiger partial charge in [-0.05, 0) is 43.3 Å². The molecular weight excluding hydrogens is 318 g/mol. The highest BCUT2D eigenvalue weighted by Crippen LogP contribution is 2.17. The van der Waals surface area contributed by atoms with Gasteiger partial charge in [0.2, 0.25) is 5.95 Å². The summed E-state index contributed by atoms with van der Waals surface area (Å²) in [6, 6.07) is 12.9. The Morgan fingerprint density at radius 2 is 1.85 bits per heavy atom. The zero-order valence-corrected chi connectivity index (χ0v) is 12.4. The maximum atomic E-state index is 12.6. The summed E-state index contributed by atoms with van der Waals surface area (Å²) in [5, 5.41) is 0.571. The highest BCUT2D eigenvalue weighted by atomic mass is 79.9. The maximum absolute atomic E-state index is 12.6. The smallest absolute Gasteiger partial charge is 0.267 e. The average Bonchev–Trinajstić information content (AvgIpc) is 2.42. The molecule has 0 saturated carbocycles. The van der Waals surface area contributed by atoms with Crippen molar-refractivity contribution in [3.8, 4) is 5.69 Å². The third-order valence-corrected chi connectivity index (χ3v) is 3.66. The average molecular weight is 330 g/mol. The number of halogens is 1. The molecule has 20 heavy (non-hydrogen) atoms. The molecule has 0 saturated heterocycles. The van der Waals surface area contributed by atoms with Crippen molar-refractivity contribution in [3.05, 3.63) is 62.9 Å². The lowest BCUT2D eigenvalue weighted by Crippen LogP contribution is -2.23. The van der Waals surface area contributed by atoms with E-state index in [4.69, 9.17) is 5.73 Å². The van der Waals surface area contributed by atoms with Gasteiger partial charge in [0.25, 0.3) is 5.56 Å². The molecule has 0 amide bonds. The number of rotatable bonds is 1. The van der Waals surface area contributed by atoms with Gasteiger partial charge in [0.15, 0.2) is 0 Å². The number of nitrogens with two attached hydrogens (primary N) is 1. The van der Waals surface area contributed by atoms with E-state index in [-0.39, 0.29) is 11.5 Å². The van der Waals surface area contributed by atoms with Gasteiger partial charge in [0, 0.05) is 4.47 Å². The molecule has 1 aromatic heterocycles. The molecule has 1 heterocycles. The van der Waals surface area contributed by atoms with Crippen LogP contribution >= 0.6 is 15.9 Å². The third kappa shape index (κ3) is 2.10. The van der Waals surface area contributed by atoms with E-state index in [9.17, 15) is 4.79 Å². The largest absolute Gasteiger partial charge is 0.369 e. The molecule has 0 unspecified atom stereocenters. The first-order chi connectivity index (χ1) is 9.56. The van der Waals surface area contributed by atoms with E-state index in [0.29, 0.717) is 16.6 Å². The molecule has 0 bridgehead atoms. The van der Waals surface area contributed by atoms with Gasteiger partial charge in [-0.3, -0.25) is 4.79 Å². The normalized spacial score (nSPS) is 10.9. The Balaban J connectivity index is 2.36. The summed E-state index contributed by atoms with van der Waals surface area (Å²) in [6.45, 7) is 1.94. The second-order valence-corrected chi connectivity index (χ2v) is 5.52. The van der Waals surface area contributed by atoms with E-state index in [2.05, 4.69) is 20.9 Å². The molecular formula is C15H12BrN3O. The van der Waals surface area contributed by atoms with Crippen molar-refractivity contribution in [1.29, 1.82) is 0 Å². The van der Waals surface area contributed by atoms with E-state index in [0.717, 1.165) is 10.0 Å². The minimum Gasteiger partial charge on any atom is -0.369 e. The van der Waals surface area contributed by atoms with Crippen LogP contribution in [0, 0.1) is 6.92 Å². The van der Waals surface area contributed by atoms with Crippen LogP contribution in [0.1, 0.15) is 5.56 Å². The first kappa shape index (κ1) is 12.9. The molecule has 3 rings (SSSR count). The molecule has 100 valence electrons. The molecule has 5 heteroatoms. The van der Waals surface area contributed by atoms with Crippen molar-refractivity contribution in [2.75, 3.05) is 5.73 Å². The minimum absolute atomic E-state index is 0.154. The summed E-state index contributed by atoms with van der Waals surface area (Å²) in [6.07, 6.45) is 0. The third-order valence-electron chi connectivity index (χ3n) is 3.13. The maximum Gasteiger partial charge on any atom is 0.267 e. The van der Waals surface area contributed by atoms with Crippen molar-refractivity contribution in [2.24, 2.45) is 0 Å². The van der Waals surface area contributed by atoms with Crippen molar-refractivity contribution in [1.82, 2.24) is 9.55 Å². The second-order valence-electron chi connectivity index (χ2n) is 4.61. The Bertz CT molecular complexity index is 853. The van der Waals surface area contributed by atoms with E-state index in [1.165, 1.54) is 4.57 Å². The minimum atomic E-state index is -0.154. The van der Waals surface area contributed by atoms with Gasteiger partial charge in [-0.15, -0.1) is 0 Å². The van der Waals surface area contributed by atoms with Crippen LogP contribution in [0.15, 0.2) is 51.7 Å². The molecule has 0 fully saturated rings. The van der Waals surface area contributed by atoms with Gasteiger partial charge >= 0.3 is 0 Å². The first-order valence-corrected chi connectivity index (χ1v) is 6.90. The zero-order valence-electron chi connectivity index (χ0n) is 10.8. The highest BCUT2D eigenvalue weighted by Gasteiger charge is 2.10. The Kier molecular flexibility index (Phi) is 3.06. The second kappa shape index (κ2) is 4.76. The number of hydrogen-bond donors (Lipinski definition) is 1. The number of nitrogen functional groups attached to an aromatic ring is 1. The predicted octanol–water partition coefficient (Wildman–Crippen LogP) is 3.04. The fourth-order valence-electron chi connectivity index (χ4n) is 2.16. The Morgan fingerprint density at radius 1 is 1.15 bits per heavy atom. The van der Waals surface area contributed by atoms with E-state index >= 15 is 0 Å². The fraction of sp³-hybridized carbons (Fsp3) is 0.0667. The highest BCUT2D eigenvalue weighted by molar-refractivity contribution is 9.10. The monoisotopic (exact) mass is 329 g/mol. The zero-order chi connectivity index (χ0) is 14.3. The fourth-order valence-corrected chi connectivity index (χ4v) is 2.42. The molecule has 0 aliphatic rings. The Labute approximate surface area is 124 Å². The lowest BCUT2D eigenvalue weighted by Gasteiger charge is -2.10. The molecule has 0 spiro atoms. The number of aromatic nitrogens is 2. The molecule has 2 N–H and O–H groups in total. The molecule has 0 radical (unpaired) electrons. The molecule has 0 atom stereocenters. The van der Waals surface area contributed by atoms with Gasteiger partial charge < -0.3 is 5.73 Å². The summed E-state index contributed by atoms with van der Waals surface area (Å²) in [5.41, 5.74) is 8.12. The lowest BCUT2D eigenvalue weighted by atomic mass is 10.1. The van der Waals surface area contributed by atoms with E-state index in [1.807, 2.05) is 49.4 Å². The quantitative estimate of drug-likeness (QED) is 0.746. The first-order valence-electron chi connectivity index (χ1n) is 6.11. The Hall–Kier alpha value is -2.14. The summed E-state index contributed by atoms with van der Waals surface area (Å²) in [5.74, 6) is 0.189. The van der Waals surface area contributed by atoms with Gasteiger partial charge in [-0.1, -0.05) is 27.6 Å². The predicted molar refractivity (Wildman–Crippen MR) is 84.2 cm³/mol. The van der Waals surface area contributed by atoms with Gasteiger partial charge in [0.05, 0.1) is 16.6 Å². The summed E-state index contributed by atoms with van der Waals surface area (Å²) in [4.78, 5) is 16.9. The Morgan fingerprint density at radius 3 is 2.55 bits per heavy atom. The van der Waals surface area contributed by atoms with Gasteiger partial charge in [-0.25, -0.2) is 9.55 Å². The summed E-state index contributed by atoms with van der Waals surface area (Å²) >= 11 is 3.37. The summed E-state index contributed by atoms with van der Waals surface area (Å²) < 4.78 is 2.37. The number of fused-ring (bicyclic) bond motifs is 1. The van der Waals surface area contributed by atoms with Crippen LogP contribution in [-0.4, -0.2) is 9.55 Å². The van der Waals surface area contributed by atoms with Crippen molar-refractivity contribution in [2.45, 2.75) is 6.92 Å². The van der Waals surface area contributed by atoms with Crippen LogP contribution in [0.5, 0.6) is 0 Å². The van der Waals surface area contributed by atoms with Gasteiger partial charge in [0.1, 0.15) is 0 Å². The van der Waals surface area contributed by atoms with Crippen LogP contribution in [0.25, 0.3) is 16.6 Å². The van der Waals surface area contributed by atoms with Crippen molar-refractivity contribution in [3.63, 3.8) is 0 Å². The van der Waals surface area contributed by atoms with E-state index in [1.54, 1.807) is 0 Å². The number of benzene rings is 2. The molecule has 0 aliphatic carbocycles. The molecule has 0 aliphatic heterocycles. The van der Waals surface area contributed by atoms with Crippen LogP contribution in [-0.2, 0) is 0 Å². The number of nitrogens with zero attached hydrogens (tertiary/aromatic N) is 2. The SMILES string of the molecule is Cc1ccc2nc(N)n(-c3ccc(Br)cc3)c(=O)c2c1. The van der Waals surface area contributed by atoms with Gasteiger partial charge in [-0.2, -0.15) is 0 Å². The molecule has 2 aromatic carbocycles.